The lowest BCUT2D eigenvalue weighted by Crippen LogP contribution is -2.28. The van der Waals surface area contributed by atoms with Gasteiger partial charge in [-0.05, 0) is 25.0 Å². The molecule has 0 amide bonds. The van der Waals surface area contributed by atoms with E-state index in [9.17, 15) is 9.90 Å². The molecule has 0 aliphatic heterocycles. The summed E-state index contributed by atoms with van der Waals surface area (Å²) in [6, 6.07) is 6.13. The molecule has 3 aromatic rings. The third kappa shape index (κ3) is 2.93. The van der Waals surface area contributed by atoms with E-state index in [1.165, 1.54) is 27.8 Å². The molecule has 0 aliphatic carbocycles. The quantitative estimate of drug-likeness (QED) is 0.768. The zero-order valence-corrected chi connectivity index (χ0v) is 13.8. The van der Waals surface area contributed by atoms with E-state index >= 15 is 0 Å². The van der Waals surface area contributed by atoms with Crippen LogP contribution in [0.2, 0.25) is 0 Å². The van der Waals surface area contributed by atoms with Crippen molar-refractivity contribution < 1.29 is 10.2 Å². The average Bonchev–Trinajstić information content (AvgIpc) is 2.94. The fraction of sp³-hybridized carbons (Fsp3) is 0.294. The predicted molar refractivity (Wildman–Crippen MR) is 91.9 cm³/mol. The van der Waals surface area contributed by atoms with Crippen LogP contribution < -0.4 is 5.56 Å². The number of fused-ring (bicyclic) bond motifs is 1. The van der Waals surface area contributed by atoms with Crippen LogP contribution in [0.25, 0.3) is 21.3 Å². The number of aliphatic hydroxyl groups is 2. The van der Waals surface area contributed by atoms with E-state index in [1.54, 1.807) is 0 Å². The topological polar surface area (TPSA) is 75.3 Å². The van der Waals surface area contributed by atoms with Crippen molar-refractivity contribution >= 4 is 21.6 Å². The number of benzene rings is 1. The smallest absolute Gasteiger partial charge is 0.262 e. The van der Waals surface area contributed by atoms with Gasteiger partial charge in [0.25, 0.3) is 5.56 Å². The van der Waals surface area contributed by atoms with Gasteiger partial charge in [0.1, 0.15) is 4.83 Å². The number of hydrogen-bond donors (Lipinski definition) is 2. The number of aliphatic hydroxyl groups excluding tert-OH is 2. The molecule has 3 rings (SSSR count). The van der Waals surface area contributed by atoms with Crippen LogP contribution in [0.4, 0.5) is 0 Å². The highest BCUT2D eigenvalue weighted by Gasteiger charge is 2.15. The van der Waals surface area contributed by atoms with Crippen molar-refractivity contribution in [1.29, 1.82) is 0 Å². The molecule has 0 radical (unpaired) electrons. The fourth-order valence-electron chi connectivity index (χ4n) is 2.70. The van der Waals surface area contributed by atoms with Gasteiger partial charge >= 0.3 is 0 Å². The van der Waals surface area contributed by atoms with E-state index < -0.39 is 12.7 Å². The summed E-state index contributed by atoms with van der Waals surface area (Å²) >= 11 is 1.43. The monoisotopic (exact) mass is 330 g/mol. The molecule has 2 heterocycles. The Morgan fingerprint density at radius 1 is 1.30 bits per heavy atom. The van der Waals surface area contributed by atoms with Gasteiger partial charge in [0.05, 0.1) is 31.0 Å². The summed E-state index contributed by atoms with van der Waals surface area (Å²) in [7, 11) is 0. The van der Waals surface area contributed by atoms with Crippen LogP contribution >= 0.6 is 11.3 Å². The third-order valence-electron chi connectivity index (χ3n) is 3.85. The molecular formula is C17H18N2O3S. The Morgan fingerprint density at radius 3 is 2.78 bits per heavy atom. The standard InChI is InChI=1S/C17H18N2O3S/c1-10-3-4-13(11(2)5-10)14-8-23-16-15(14)17(22)19(9-18-16)6-12(21)7-20/h3-5,8-9,12,20-21H,6-7H2,1-2H3/t12-/m1/s1. The second-order valence-electron chi connectivity index (χ2n) is 5.69. The first kappa shape index (κ1) is 15.9. The SMILES string of the molecule is Cc1ccc(-c2csc3ncn(C[C@@H](O)CO)c(=O)c23)c(C)c1. The summed E-state index contributed by atoms with van der Waals surface area (Å²) in [6.45, 7) is 3.70. The number of aryl methyl sites for hydroxylation is 2. The molecule has 0 saturated carbocycles. The van der Waals surface area contributed by atoms with Gasteiger partial charge in [0.15, 0.2) is 0 Å². The van der Waals surface area contributed by atoms with Crippen molar-refractivity contribution in [2.24, 2.45) is 0 Å². The highest BCUT2D eigenvalue weighted by molar-refractivity contribution is 7.17. The van der Waals surface area contributed by atoms with Gasteiger partial charge in [-0.25, -0.2) is 4.98 Å². The van der Waals surface area contributed by atoms with Gasteiger partial charge in [0, 0.05) is 10.9 Å². The summed E-state index contributed by atoms with van der Waals surface area (Å²) in [6.07, 6.45) is 0.446. The Bertz CT molecular complexity index is 914. The molecule has 5 nitrogen and oxygen atoms in total. The van der Waals surface area contributed by atoms with E-state index in [1.807, 2.05) is 31.4 Å². The maximum Gasteiger partial charge on any atom is 0.262 e. The summed E-state index contributed by atoms with van der Waals surface area (Å²) in [4.78, 5) is 17.7. The Morgan fingerprint density at radius 2 is 2.09 bits per heavy atom. The Balaban J connectivity index is 2.19. The second-order valence-corrected chi connectivity index (χ2v) is 6.54. The summed E-state index contributed by atoms with van der Waals surface area (Å²) in [5, 5.41) is 21.1. The number of nitrogens with zero attached hydrogens (tertiary/aromatic N) is 2. The molecule has 1 aromatic carbocycles. The van der Waals surface area contributed by atoms with Crippen molar-refractivity contribution in [3.05, 3.63) is 51.4 Å². The molecule has 2 N–H and O–H groups in total. The minimum absolute atomic E-state index is 0.0282. The number of rotatable bonds is 4. The largest absolute Gasteiger partial charge is 0.394 e. The molecule has 1 atom stereocenters. The van der Waals surface area contributed by atoms with Crippen LogP contribution in [-0.4, -0.2) is 32.5 Å². The minimum Gasteiger partial charge on any atom is -0.394 e. The summed E-state index contributed by atoms with van der Waals surface area (Å²) in [5.41, 5.74) is 3.97. The maximum absolute atomic E-state index is 12.8. The molecule has 0 bridgehead atoms. The predicted octanol–water partition coefficient (Wildman–Crippen LogP) is 2.10. The zero-order valence-electron chi connectivity index (χ0n) is 13.0. The molecule has 0 spiro atoms. The Labute approximate surface area is 137 Å². The van der Waals surface area contributed by atoms with Crippen LogP contribution in [0.3, 0.4) is 0 Å². The average molecular weight is 330 g/mol. The number of aromatic nitrogens is 2. The maximum atomic E-state index is 12.8. The van der Waals surface area contributed by atoms with Gasteiger partial charge in [-0.3, -0.25) is 9.36 Å². The molecule has 0 unspecified atom stereocenters. The number of thiophene rings is 1. The lowest BCUT2D eigenvalue weighted by Gasteiger charge is -2.10. The van der Waals surface area contributed by atoms with E-state index in [0.717, 1.165) is 16.7 Å². The van der Waals surface area contributed by atoms with Crippen LogP contribution in [0.1, 0.15) is 11.1 Å². The molecular weight excluding hydrogens is 312 g/mol. The normalized spacial score (nSPS) is 12.7. The van der Waals surface area contributed by atoms with Crippen molar-refractivity contribution in [3.63, 3.8) is 0 Å². The van der Waals surface area contributed by atoms with Crippen LogP contribution in [0.5, 0.6) is 0 Å². The summed E-state index contributed by atoms with van der Waals surface area (Å²) < 4.78 is 1.35. The van der Waals surface area contributed by atoms with Crippen LogP contribution in [0.15, 0.2) is 34.7 Å². The van der Waals surface area contributed by atoms with Crippen LogP contribution in [0, 0.1) is 13.8 Å². The molecule has 120 valence electrons. The first-order chi connectivity index (χ1) is 11.0. The second kappa shape index (κ2) is 6.23. The van der Waals surface area contributed by atoms with E-state index in [4.69, 9.17) is 5.11 Å². The van der Waals surface area contributed by atoms with Crippen molar-refractivity contribution in [1.82, 2.24) is 9.55 Å². The van der Waals surface area contributed by atoms with Crippen molar-refractivity contribution in [2.45, 2.75) is 26.5 Å². The van der Waals surface area contributed by atoms with Crippen molar-refractivity contribution in [2.75, 3.05) is 6.61 Å². The summed E-state index contributed by atoms with van der Waals surface area (Å²) in [5.74, 6) is 0. The highest BCUT2D eigenvalue weighted by Crippen LogP contribution is 2.32. The van der Waals surface area contributed by atoms with Gasteiger partial charge in [-0.15, -0.1) is 11.3 Å². The third-order valence-corrected chi connectivity index (χ3v) is 4.74. The Kier molecular flexibility index (Phi) is 4.30. The lowest BCUT2D eigenvalue weighted by atomic mass is 9.99. The van der Waals surface area contributed by atoms with Crippen LogP contribution in [-0.2, 0) is 6.54 Å². The van der Waals surface area contributed by atoms with Gasteiger partial charge in [-0.2, -0.15) is 0 Å². The molecule has 0 fully saturated rings. The molecule has 0 saturated heterocycles. The molecule has 2 aromatic heterocycles. The van der Waals surface area contributed by atoms with Gasteiger partial charge in [0.2, 0.25) is 0 Å². The van der Waals surface area contributed by atoms with E-state index in [2.05, 4.69) is 11.1 Å². The van der Waals surface area contributed by atoms with E-state index in [0.29, 0.717) is 10.2 Å². The molecule has 23 heavy (non-hydrogen) atoms. The van der Waals surface area contributed by atoms with Gasteiger partial charge in [-0.1, -0.05) is 23.8 Å². The first-order valence-corrected chi connectivity index (χ1v) is 8.22. The highest BCUT2D eigenvalue weighted by atomic mass is 32.1. The first-order valence-electron chi connectivity index (χ1n) is 7.34. The zero-order chi connectivity index (χ0) is 16.6. The minimum atomic E-state index is -0.977. The lowest BCUT2D eigenvalue weighted by molar-refractivity contribution is 0.0803. The Hall–Kier alpha value is -2.02. The van der Waals surface area contributed by atoms with Gasteiger partial charge < -0.3 is 10.2 Å². The fourth-order valence-corrected chi connectivity index (χ4v) is 3.59. The molecule has 0 aliphatic rings. The number of hydrogen-bond acceptors (Lipinski definition) is 5. The van der Waals surface area contributed by atoms with E-state index in [-0.39, 0.29) is 12.1 Å². The van der Waals surface area contributed by atoms with Crippen molar-refractivity contribution in [3.8, 4) is 11.1 Å². The molecule has 6 heteroatoms.